The third kappa shape index (κ3) is 2.74. The summed E-state index contributed by atoms with van der Waals surface area (Å²) in [7, 11) is 0. The zero-order valence-corrected chi connectivity index (χ0v) is 10.8. The summed E-state index contributed by atoms with van der Waals surface area (Å²) in [6.07, 6.45) is 1.40. The normalized spacial score (nSPS) is 17.4. The predicted octanol–water partition coefficient (Wildman–Crippen LogP) is 2.02. The van der Waals surface area contributed by atoms with E-state index in [9.17, 15) is 0 Å². The highest BCUT2D eigenvalue weighted by Crippen LogP contribution is 2.41. The first-order valence-electron chi connectivity index (χ1n) is 6.11. The first-order valence-corrected chi connectivity index (χ1v) is 6.11. The highest BCUT2D eigenvalue weighted by molar-refractivity contribution is 5.50. The van der Waals surface area contributed by atoms with Crippen LogP contribution in [-0.2, 0) is 6.42 Å². The Hall–Kier alpha value is -1.73. The van der Waals surface area contributed by atoms with Gasteiger partial charge in [-0.3, -0.25) is 0 Å². The lowest BCUT2D eigenvalue weighted by atomic mass is 10.0. The summed E-state index contributed by atoms with van der Waals surface area (Å²) in [5, 5.41) is 8.60. The second kappa shape index (κ2) is 4.87. The maximum atomic E-state index is 8.60. The summed E-state index contributed by atoms with van der Waals surface area (Å²) in [6.45, 7) is 4.54. The van der Waals surface area contributed by atoms with Gasteiger partial charge in [0.05, 0.1) is 18.7 Å². The Balaban J connectivity index is 2.04. The van der Waals surface area contributed by atoms with E-state index in [0.717, 1.165) is 17.9 Å². The van der Waals surface area contributed by atoms with Gasteiger partial charge in [-0.2, -0.15) is 5.26 Å². The Morgan fingerprint density at radius 2 is 2.33 bits per heavy atom. The summed E-state index contributed by atoms with van der Waals surface area (Å²) in [5.41, 5.74) is 6.51. The Bertz CT molecular complexity index is 477. The van der Waals surface area contributed by atoms with Crippen LogP contribution in [0.5, 0.6) is 11.5 Å². The number of hydrogen-bond donors (Lipinski definition) is 1. The second-order valence-electron chi connectivity index (χ2n) is 5.16. The van der Waals surface area contributed by atoms with Gasteiger partial charge in [-0.25, -0.2) is 0 Å². The minimum atomic E-state index is -0.473. The van der Waals surface area contributed by atoms with Crippen molar-refractivity contribution in [2.45, 2.75) is 38.3 Å². The lowest BCUT2D eigenvalue weighted by molar-refractivity contribution is 0.132. The van der Waals surface area contributed by atoms with Crippen LogP contribution in [0.3, 0.4) is 0 Å². The van der Waals surface area contributed by atoms with Crippen LogP contribution in [0.1, 0.15) is 25.8 Å². The Labute approximate surface area is 107 Å². The highest BCUT2D eigenvalue weighted by Gasteiger charge is 2.32. The monoisotopic (exact) mass is 246 g/mol. The number of nitrogens with two attached hydrogens (primary N) is 1. The van der Waals surface area contributed by atoms with Crippen LogP contribution in [0.2, 0.25) is 0 Å². The summed E-state index contributed by atoms with van der Waals surface area (Å²) < 4.78 is 11.5. The van der Waals surface area contributed by atoms with Crippen LogP contribution in [0, 0.1) is 11.3 Å². The van der Waals surface area contributed by atoms with Gasteiger partial charge in [-0.15, -0.1) is 0 Å². The smallest absolute Gasteiger partial charge is 0.165 e. The maximum Gasteiger partial charge on any atom is 0.165 e. The number of benzene rings is 1. The molecular weight excluding hydrogens is 228 g/mol. The molecule has 0 amide bonds. The molecule has 4 nitrogen and oxygen atoms in total. The van der Waals surface area contributed by atoms with E-state index in [-0.39, 0.29) is 5.60 Å². The minimum Gasteiger partial charge on any atom is -0.490 e. The van der Waals surface area contributed by atoms with Gasteiger partial charge in [0, 0.05) is 18.4 Å². The summed E-state index contributed by atoms with van der Waals surface area (Å²) in [6, 6.07) is 7.41. The molecule has 18 heavy (non-hydrogen) atoms. The molecule has 1 aliphatic rings. The number of hydrogen-bond acceptors (Lipinski definition) is 4. The van der Waals surface area contributed by atoms with Crippen molar-refractivity contribution in [3.05, 3.63) is 23.8 Å². The van der Waals surface area contributed by atoms with Gasteiger partial charge in [-0.05, 0) is 19.9 Å². The summed E-state index contributed by atoms with van der Waals surface area (Å²) >= 11 is 0. The van der Waals surface area contributed by atoms with E-state index in [0.29, 0.717) is 13.0 Å². The molecule has 1 unspecified atom stereocenters. The van der Waals surface area contributed by atoms with Crippen LogP contribution in [0.15, 0.2) is 18.2 Å². The molecule has 0 saturated carbocycles. The van der Waals surface area contributed by atoms with Crippen molar-refractivity contribution in [3.63, 3.8) is 0 Å². The fourth-order valence-electron chi connectivity index (χ4n) is 2.06. The van der Waals surface area contributed by atoms with Crippen molar-refractivity contribution >= 4 is 0 Å². The molecule has 1 heterocycles. The molecular formula is C14H18N2O2. The number of ether oxygens (including phenoxy) is 2. The van der Waals surface area contributed by atoms with Crippen LogP contribution in [-0.4, -0.2) is 18.2 Å². The molecule has 1 aromatic carbocycles. The van der Waals surface area contributed by atoms with Gasteiger partial charge in [0.1, 0.15) is 5.60 Å². The first-order chi connectivity index (χ1) is 8.52. The van der Waals surface area contributed by atoms with E-state index in [4.69, 9.17) is 20.5 Å². The van der Waals surface area contributed by atoms with Gasteiger partial charge >= 0.3 is 0 Å². The third-order valence-electron chi connectivity index (χ3n) is 2.91. The van der Waals surface area contributed by atoms with E-state index < -0.39 is 6.04 Å². The molecule has 2 N–H and O–H groups in total. The molecule has 96 valence electrons. The largest absolute Gasteiger partial charge is 0.490 e. The third-order valence-corrected chi connectivity index (χ3v) is 2.91. The number of fused-ring (bicyclic) bond motifs is 1. The quantitative estimate of drug-likeness (QED) is 0.882. The number of rotatable bonds is 4. The van der Waals surface area contributed by atoms with Crippen LogP contribution < -0.4 is 15.2 Å². The molecule has 1 aromatic rings. The predicted molar refractivity (Wildman–Crippen MR) is 68.6 cm³/mol. The number of nitriles is 1. The Morgan fingerprint density at radius 3 is 3.06 bits per heavy atom. The van der Waals surface area contributed by atoms with Gasteiger partial charge in [0.25, 0.3) is 0 Å². The summed E-state index contributed by atoms with van der Waals surface area (Å²) in [4.78, 5) is 0. The molecule has 0 aliphatic carbocycles. The zero-order chi connectivity index (χ0) is 13.2. The standard InChI is InChI=1S/C14H18N2O2/c1-14(2)8-10-4-3-5-12(13(10)18-14)17-7-6-11(16)9-15/h3-5,11H,6-8,16H2,1-2H3. The van der Waals surface area contributed by atoms with E-state index in [1.54, 1.807) is 0 Å². The Morgan fingerprint density at radius 1 is 1.56 bits per heavy atom. The van der Waals surface area contributed by atoms with Gasteiger partial charge in [-0.1, -0.05) is 12.1 Å². The van der Waals surface area contributed by atoms with E-state index in [1.807, 2.05) is 18.2 Å². The number of para-hydroxylation sites is 1. The lowest BCUT2D eigenvalue weighted by Gasteiger charge is -2.18. The zero-order valence-electron chi connectivity index (χ0n) is 10.8. The molecule has 0 spiro atoms. The average Bonchev–Trinajstić information content (AvgIpc) is 2.63. The second-order valence-corrected chi connectivity index (χ2v) is 5.16. The molecule has 1 aliphatic heterocycles. The van der Waals surface area contributed by atoms with Gasteiger partial charge in [0.15, 0.2) is 11.5 Å². The van der Waals surface area contributed by atoms with Crippen molar-refractivity contribution in [2.24, 2.45) is 5.73 Å². The first kappa shape index (κ1) is 12.7. The summed E-state index contributed by atoms with van der Waals surface area (Å²) in [5.74, 6) is 1.57. The minimum absolute atomic E-state index is 0.176. The molecule has 0 saturated heterocycles. The fraction of sp³-hybridized carbons (Fsp3) is 0.500. The molecule has 2 rings (SSSR count). The molecule has 4 heteroatoms. The molecule has 0 bridgehead atoms. The molecule has 0 fully saturated rings. The maximum absolute atomic E-state index is 8.60. The fourth-order valence-corrected chi connectivity index (χ4v) is 2.06. The lowest BCUT2D eigenvalue weighted by Crippen LogP contribution is -2.25. The SMILES string of the molecule is CC1(C)Cc2cccc(OCCC(N)C#N)c2O1. The van der Waals surface area contributed by atoms with Crippen molar-refractivity contribution < 1.29 is 9.47 Å². The highest BCUT2D eigenvalue weighted by atomic mass is 16.5. The molecule has 0 radical (unpaired) electrons. The average molecular weight is 246 g/mol. The molecule has 1 atom stereocenters. The van der Waals surface area contributed by atoms with Crippen LogP contribution in [0.25, 0.3) is 0 Å². The van der Waals surface area contributed by atoms with E-state index in [2.05, 4.69) is 19.9 Å². The van der Waals surface area contributed by atoms with E-state index >= 15 is 0 Å². The van der Waals surface area contributed by atoms with Gasteiger partial charge in [0.2, 0.25) is 0 Å². The van der Waals surface area contributed by atoms with E-state index in [1.165, 1.54) is 5.56 Å². The van der Waals surface area contributed by atoms with Crippen molar-refractivity contribution in [3.8, 4) is 17.6 Å². The van der Waals surface area contributed by atoms with Gasteiger partial charge < -0.3 is 15.2 Å². The van der Waals surface area contributed by atoms with Crippen molar-refractivity contribution in [1.82, 2.24) is 0 Å². The Kier molecular flexibility index (Phi) is 3.44. The number of nitrogens with zero attached hydrogens (tertiary/aromatic N) is 1. The van der Waals surface area contributed by atoms with Crippen molar-refractivity contribution in [2.75, 3.05) is 6.61 Å². The van der Waals surface area contributed by atoms with Crippen LogP contribution in [0.4, 0.5) is 0 Å². The topological polar surface area (TPSA) is 68.3 Å². The van der Waals surface area contributed by atoms with Crippen LogP contribution >= 0.6 is 0 Å². The molecule has 0 aromatic heterocycles. The van der Waals surface area contributed by atoms with Crippen molar-refractivity contribution in [1.29, 1.82) is 5.26 Å².